The van der Waals surface area contributed by atoms with E-state index in [-0.39, 0.29) is 47.0 Å². The predicted molar refractivity (Wildman–Crippen MR) is 113 cm³/mol. The predicted octanol–water partition coefficient (Wildman–Crippen LogP) is 4.16. The lowest BCUT2D eigenvalue weighted by Crippen LogP contribution is -2.28. The van der Waals surface area contributed by atoms with Crippen LogP contribution in [0.25, 0.3) is 0 Å². The molecule has 1 saturated carbocycles. The Hall–Kier alpha value is -2.52. The zero-order chi connectivity index (χ0) is 21.0. The maximum absolute atomic E-state index is 12.8. The van der Waals surface area contributed by atoms with Crippen LogP contribution in [0.2, 0.25) is 0 Å². The van der Waals surface area contributed by atoms with Crippen molar-refractivity contribution < 1.29 is 23.5 Å². The van der Waals surface area contributed by atoms with Gasteiger partial charge in [-0.1, -0.05) is 28.1 Å². The topological polar surface area (TPSA) is 89.2 Å². The molecule has 9 heteroatoms. The Morgan fingerprint density at radius 1 is 1.17 bits per heavy atom. The van der Waals surface area contributed by atoms with E-state index in [0.29, 0.717) is 14.5 Å². The third-order valence-electron chi connectivity index (χ3n) is 5.71. The number of benzene rings is 1. The second-order valence-corrected chi connectivity index (χ2v) is 9.18. The summed E-state index contributed by atoms with van der Waals surface area (Å²) in [6.07, 6.45) is 7.64. The molecular formula is C21H14Br2N2O5. The maximum atomic E-state index is 12.8. The number of rotatable bonds is 4. The third kappa shape index (κ3) is 3.07. The average molecular weight is 534 g/mol. The molecule has 30 heavy (non-hydrogen) atoms. The van der Waals surface area contributed by atoms with Gasteiger partial charge in [0.1, 0.15) is 0 Å². The standard InChI is InChI=1S/C21H14Br2N2O5/c22-13-7-12(18(14(23)8-13)30-21(28)15-2-1-5-29-15)9-24-25-19(26)16-10-3-4-11(6-10)17(16)20(25)27/h1-5,7-11,16-17H,6H2/t10-,11-,16-,17+/m0/s1. The van der Waals surface area contributed by atoms with E-state index in [9.17, 15) is 14.4 Å². The number of carbonyl (C=O) groups is 3. The second-order valence-electron chi connectivity index (χ2n) is 7.41. The number of esters is 1. The smallest absolute Gasteiger partial charge is 0.379 e. The minimum Gasteiger partial charge on any atom is -0.457 e. The van der Waals surface area contributed by atoms with Crippen molar-refractivity contribution in [1.29, 1.82) is 0 Å². The van der Waals surface area contributed by atoms with Crippen LogP contribution in [-0.2, 0) is 9.59 Å². The molecule has 4 atom stereocenters. The summed E-state index contributed by atoms with van der Waals surface area (Å²) in [4.78, 5) is 37.9. The molecule has 2 bridgehead atoms. The van der Waals surface area contributed by atoms with Gasteiger partial charge in [0.15, 0.2) is 5.75 Å². The zero-order valence-electron chi connectivity index (χ0n) is 15.3. The highest BCUT2D eigenvalue weighted by Crippen LogP contribution is 2.52. The van der Waals surface area contributed by atoms with E-state index in [1.807, 2.05) is 12.2 Å². The highest BCUT2D eigenvalue weighted by atomic mass is 79.9. The Kier molecular flexibility index (Phi) is 4.74. The number of hydrogen-bond acceptors (Lipinski definition) is 6. The summed E-state index contributed by atoms with van der Waals surface area (Å²) in [6, 6.07) is 6.46. The number of nitrogens with zero attached hydrogens (tertiary/aromatic N) is 2. The zero-order valence-corrected chi connectivity index (χ0v) is 18.5. The molecule has 2 heterocycles. The van der Waals surface area contributed by atoms with Crippen molar-refractivity contribution >= 4 is 55.9 Å². The van der Waals surface area contributed by atoms with Crippen molar-refractivity contribution in [2.24, 2.45) is 28.8 Å². The number of halogens is 2. The van der Waals surface area contributed by atoms with Crippen LogP contribution >= 0.6 is 31.9 Å². The van der Waals surface area contributed by atoms with E-state index in [0.717, 1.165) is 11.4 Å². The maximum Gasteiger partial charge on any atom is 0.379 e. The van der Waals surface area contributed by atoms with Crippen molar-refractivity contribution in [1.82, 2.24) is 5.01 Å². The van der Waals surface area contributed by atoms with Gasteiger partial charge < -0.3 is 9.15 Å². The van der Waals surface area contributed by atoms with Gasteiger partial charge in [0.05, 0.1) is 28.8 Å². The molecule has 1 aromatic heterocycles. The Bertz CT molecular complexity index is 1090. The lowest BCUT2D eigenvalue weighted by atomic mass is 9.85. The monoisotopic (exact) mass is 532 g/mol. The highest BCUT2D eigenvalue weighted by molar-refractivity contribution is 9.11. The minimum absolute atomic E-state index is 0.0495. The molecule has 0 radical (unpaired) electrons. The van der Waals surface area contributed by atoms with Crippen LogP contribution in [0.15, 0.2) is 61.1 Å². The molecule has 2 aromatic rings. The number of hydrogen-bond donors (Lipinski definition) is 0. The van der Waals surface area contributed by atoms with Gasteiger partial charge in [-0.3, -0.25) is 9.59 Å². The van der Waals surface area contributed by atoms with Gasteiger partial charge in [-0.05, 0) is 58.5 Å². The summed E-state index contributed by atoms with van der Waals surface area (Å²) in [5, 5.41) is 5.13. The lowest BCUT2D eigenvalue weighted by molar-refractivity contribution is -0.140. The molecule has 1 aromatic carbocycles. The van der Waals surface area contributed by atoms with Gasteiger partial charge in [-0.2, -0.15) is 10.1 Å². The average Bonchev–Trinajstić information content (AvgIpc) is 3.48. The number of carbonyl (C=O) groups excluding carboxylic acids is 3. The summed E-state index contributed by atoms with van der Waals surface area (Å²) in [6.45, 7) is 0. The van der Waals surface area contributed by atoms with Crippen molar-refractivity contribution in [2.75, 3.05) is 0 Å². The molecule has 2 amide bonds. The van der Waals surface area contributed by atoms with Crippen LogP contribution in [0.1, 0.15) is 22.5 Å². The van der Waals surface area contributed by atoms with Gasteiger partial charge in [0.2, 0.25) is 5.76 Å². The van der Waals surface area contributed by atoms with Gasteiger partial charge in [-0.15, -0.1) is 0 Å². The van der Waals surface area contributed by atoms with E-state index in [4.69, 9.17) is 9.15 Å². The SMILES string of the molecule is O=C(Oc1c(Br)cc(Br)cc1C=NN1C(=O)[C@@H]2[C@H](C1=O)[C@H]1C=C[C@H]2C1)c1ccco1. The molecule has 152 valence electrons. The van der Waals surface area contributed by atoms with Crippen LogP contribution in [0.5, 0.6) is 5.75 Å². The van der Waals surface area contributed by atoms with E-state index in [1.165, 1.54) is 18.5 Å². The summed E-state index contributed by atoms with van der Waals surface area (Å²) < 4.78 is 11.7. The number of hydrazone groups is 1. The molecule has 5 rings (SSSR count). The Morgan fingerprint density at radius 2 is 1.87 bits per heavy atom. The molecule has 2 fully saturated rings. The van der Waals surface area contributed by atoms with Gasteiger partial charge in [0, 0.05) is 10.0 Å². The molecule has 1 aliphatic heterocycles. The Labute approximate surface area is 188 Å². The molecule has 7 nitrogen and oxygen atoms in total. The lowest BCUT2D eigenvalue weighted by Gasteiger charge is -2.13. The normalized spacial score (nSPS) is 26.8. The number of allylic oxidation sites excluding steroid dienone is 2. The molecule has 3 aliphatic rings. The van der Waals surface area contributed by atoms with Crippen LogP contribution in [-0.4, -0.2) is 29.0 Å². The number of fused-ring (bicyclic) bond motifs is 5. The van der Waals surface area contributed by atoms with E-state index in [1.54, 1.807) is 18.2 Å². The molecule has 0 spiro atoms. The van der Waals surface area contributed by atoms with Gasteiger partial charge >= 0.3 is 5.97 Å². The molecule has 1 saturated heterocycles. The fourth-order valence-electron chi connectivity index (χ4n) is 4.44. The number of imide groups is 1. The Balaban J connectivity index is 1.43. The van der Waals surface area contributed by atoms with Gasteiger partial charge in [-0.25, -0.2) is 4.79 Å². The fraction of sp³-hybridized carbons (Fsp3) is 0.238. The van der Waals surface area contributed by atoms with Crippen molar-refractivity contribution in [3.8, 4) is 5.75 Å². The van der Waals surface area contributed by atoms with Crippen LogP contribution in [0, 0.1) is 23.7 Å². The van der Waals surface area contributed by atoms with E-state index >= 15 is 0 Å². The molecule has 0 N–H and O–H groups in total. The largest absolute Gasteiger partial charge is 0.457 e. The first-order valence-corrected chi connectivity index (χ1v) is 10.9. The number of ether oxygens (including phenoxy) is 1. The summed E-state index contributed by atoms with van der Waals surface area (Å²) in [5.41, 5.74) is 0.412. The van der Waals surface area contributed by atoms with E-state index < -0.39 is 5.97 Å². The van der Waals surface area contributed by atoms with Crippen molar-refractivity contribution in [3.63, 3.8) is 0 Å². The number of furan rings is 1. The minimum atomic E-state index is -0.678. The first-order chi connectivity index (χ1) is 14.4. The number of amides is 2. The molecule has 2 aliphatic carbocycles. The quantitative estimate of drug-likeness (QED) is 0.193. The summed E-state index contributed by atoms with van der Waals surface area (Å²) >= 11 is 6.76. The summed E-state index contributed by atoms with van der Waals surface area (Å²) in [7, 11) is 0. The first-order valence-electron chi connectivity index (χ1n) is 9.29. The van der Waals surface area contributed by atoms with Gasteiger partial charge in [0.25, 0.3) is 11.8 Å². The van der Waals surface area contributed by atoms with Crippen LogP contribution in [0.4, 0.5) is 0 Å². The van der Waals surface area contributed by atoms with Crippen molar-refractivity contribution in [2.45, 2.75) is 6.42 Å². The summed E-state index contributed by atoms with van der Waals surface area (Å²) in [5.74, 6) is -1.41. The van der Waals surface area contributed by atoms with Crippen LogP contribution < -0.4 is 4.74 Å². The van der Waals surface area contributed by atoms with E-state index in [2.05, 4.69) is 37.0 Å². The second kappa shape index (κ2) is 7.31. The molecule has 0 unspecified atom stereocenters. The third-order valence-corrected chi connectivity index (χ3v) is 6.76. The Morgan fingerprint density at radius 3 is 2.50 bits per heavy atom. The highest BCUT2D eigenvalue weighted by Gasteiger charge is 2.59. The molecular weight excluding hydrogens is 520 g/mol. The first kappa shape index (κ1) is 19.4. The van der Waals surface area contributed by atoms with Crippen LogP contribution in [0.3, 0.4) is 0 Å². The fourth-order valence-corrected chi connectivity index (χ4v) is 5.78. The van der Waals surface area contributed by atoms with Crippen molar-refractivity contribution in [3.05, 3.63) is 62.9 Å².